The largest absolute Gasteiger partial charge is 0.468 e. The molecule has 1 aliphatic heterocycles. The van der Waals surface area contributed by atoms with Gasteiger partial charge in [-0.1, -0.05) is 5.16 Å². The Morgan fingerprint density at radius 1 is 1.28 bits per heavy atom. The smallest absolute Gasteiger partial charge is 0.239 e. The molecule has 36 heavy (non-hydrogen) atoms. The standard InChI is InChI=1S/C22H21F3N6O4S/c1-12-4-14(35-30-12)10-34-19-9-27-18(8-28-19)16(23)6-13-5-15(20(25)17(24)7-13)22(2)11-36(32,33)31(3)21(26)29-22/h4-9H,10-11H2,1-3H3,(H2,26,29)/b16-6-/t22-/m0/s1. The molecule has 2 N–H and O–H groups in total. The van der Waals surface area contributed by atoms with E-state index in [4.69, 9.17) is 15.0 Å². The highest BCUT2D eigenvalue weighted by Gasteiger charge is 2.42. The second-order valence-electron chi connectivity index (χ2n) is 8.29. The number of hydrogen-bond donors (Lipinski definition) is 1. The minimum absolute atomic E-state index is 0.0437. The lowest BCUT2D eigenvalue weighted by Crippen LogP contribution is -2.50. The van der Waals surface area contributed by atoms with Gasteiger partial charge in [0.2, 0.25) is 21.9 Å². The van der Waals surface area contributed by atoms with Gasteiger partial charge in [0.25, 0.3) is 0 Å². The molecule has 0 bridgehead atoms. The minimum Gasteiger partial charge on any atom is -0.468 e. The summed E-state index contributed by atoms with van der Waals surface area (Å²) in [4.78, 5) is 12.0. The summed E-state index contributed by atoms with van der Waals surface area (Å²) in [5.41, 5.74) is 3.97. The molecule has 3 heterocycles. The Morgan fingerprint density at radius 2 is 2.03 bits per heavy atom. The lowest BCUT2D eigenvalue weighted by Gasteiger charge is -2.34. The van der Waals surface area contributed by atoms with Crippen LogP contribution in [0.4, 0.5) is 13.2 Å². The summed E-state index contributed by atoms with van der Waals surface area (Å²) in [7, 11) is -2.74. The van der Waals surface area contributed by atoms with E-state index in [1.807, 2.05) is 0 Å². The van der Waals surface area contributed by atoms with E-state index < -0.39 is 44.3 Å². The van der Waals surface area contributed by atoms with Gasteiger partial charge in [0, 0.05) is 18.7 Å². The molecule has 10 nitrogen and oxygen atoms in total. The third kappa shape index (κ3) is 5.03. The van der Waals surface area contributed by atoms with Crippen molar-refractivity contribution in [3.8, 4) is 5.88 Å². The van der Waals surface area contributed by atoms with Gasteiger partial charge in [-0.25, -0.2) is 40.9 Å². The number of nitrogens with zero attached hydrogens (tertiary/aromatic N) is 5. The third-order valence-corrected chi connectivity index (χ3v) is 7.35. The van der Waals surface area contributed by atoms with Crippen LogP contribution >= 0.6 is 0 Å². The van der Waals surface area contributed by atoms with Gasteiger partial charge in [-0.3, -0.25) is 0 Å². The highest BCUT2D eigenvalue weighted by atomic mass is 32.2. The summed E-state index contributed by atoms with van der Waals surface area (Å²) >= 11 is 0. The summed E-state index contributed by atoms with van der Waals surface area (Å²) in [6.45, 7) is 3.10. The van der Waals surface area contributed by atoms with Gasteiger partial charge in [0.05, 0.1) is 23.8 Å². The van der Waals surface area contributed by atoms with Crippen LogP contribution in [0.3, 0.4) is 0 Å². The maximum Gasteiger partial charge on any atom is 0.239 e. The molecule has 2 aromatic heterocycles. The zero-order chi connectivity index (χ0) is 26.3. The normalized spacial score (nSPS) is 19.8. The third-order valence-electron chi connectivity index (χ3n) is 5.40. The van der Waals surface area contributed by atoms with Gasteiger partial charge in [0.1, 0.15) is 11.2 Å². The van der Waals surface area contributed by atoms with Crippen molar-refractivity contribution in [2.45, 2.75) is 26.0 Å². The first-order valence-electron chi connectivity index (χ1n) is 10.4. The number of halogens is 3. The number of benzene rings is 1. The van der Waals surface area contributed by atoms with Crippen molar-refractivity contribution in [1.29, 1.82) is 0 Å². The van der Waals surface area contributed by atoms with Gasteiger partial charge in [0.15, 0.2) is 29.8 Å². The van der Waals surface area contributed by atoms with Gasteiger partial charge in [-0.05, 0) is 37.6 Å². The highest BCUT2D eigenvalue weighted by Crippen LogP contribution is 2.35. The molecule has 190 valence electrons. The number of sulfonamides is 1. The van der Waals surface area contributed by atoms with Crippen LogP contribution < -0.4 is 10.5 Å². The monoisotopic (exact) mass is 522 g/mol. The van der Waals surface area contributed by atoms with Crippen molar-refractivity contribution in [2.75, 3.05) is 12.8 Å². The van der Waals surface area contributed by atoms with E-state index in [-0.39, 0.29) is 29.7 Å². The molecule has 1 aliphatic rings. The van der Waals surface area contributed by atoms with Crippen molar-refractivity contribution < 1.29 is 30.8 Å². The SMILES string of the molecule is Cc1cc(COc2cnc(/C(F)=C/c3cc(F)c(F)c([C@]4(C)CS(=O)(=O)N(C)C(N)=N4)c3)cn2)on1. The van der Waals surface area contributed by atoms with E-state index in [1.165, 1.54) is 20.2 Å². The zero-order valence-corrected chi connectivity index (χ0v) is 20.2. The molecule has 0 aliphatic carbocycles. The molecule has 0 saturated carbocycles. The van der Waals surface area contributed by atoms with E-state index in [0.717, 1.165) is 28.7 Å². The molecule has 0 spiro atoms. The molecule has 4 rings (SSSR count). The van der Waals surface area contributed by atoms with Crippen molar-refractivity contribution >= 4 is 27.9 Å². The number of hydrogen-bond acceptors (Lipinski definition) is 9. The first-order chi connectivity index (χ1) is 16.9. The van der Waals surface area contributed by atoms with Crippen LogP contribution in [0.1, 0.15) is 35.2 Å². The Labute approximate surface area is 204 Å². The number of aryl methyl sites for hydroxylation is 1. The Kier molecular flexibility index (Phi) is 6.47. The van der Waals surface area contributed by atoms with Gasteiger partial charge in [-0.2, -0.15) is 0 Å². The van der Waals surface area contributed by atoms with Gasteiger partial charge < -0.3 is 15.0 Å². The van der Waals surface area contributed by atoms with Crippen LogP contribution in [0.25, 0.3) is 11.9 Å². The van der Waals surface area contributed by atoms with Crippen molar-refractivity contribution in [1.82, 2.24) is 19.4 Å². The van der Waals surface area contributed by atoms with Crippen molar-refractivity contribution in [3.63, 3.8) is 0 Å². The number of aliphatic imine (C=N–C) groups is 1. The average molecular weight is 523 g/mol. The van der Waals surface area contributed by atoms with E-state index in [1.54, 1.807) is 13.0 Å². The van der Waals surface area contributed by atoms with E-state index >= 15 is 0 Å². The molecule has 1 aromatic carbocycles. The maximum absolute atomic E-state index is 14.9. The fraction of sp³-hybridized carbons (Fsp3) is 0.273. The van der Waals surface area contributed by atoms with E-state index in [2.05, 4.69) is 20.1 Å². The quantitative estimate of drug-likeness (QED) is 0.522. The highest BCUT2D eigenvalue weighted by molar-refractivity contribution is 7.89. The molecule has 14 heteroatoms. The van der Waals surface area contributed by atoms with Crippen LogP contribution in [0, 0.1) is 18.6 Å². The molecule has 3 aromatic rings. The fourth-order valence-corrected chi connectivity index (χ4v) is 4.99. The van der Waals surface area contributed by atoms with Crippen molar-refractivity contribution in [3.05, 3.63) is 70.5 Å². The Morgan fingerprint density at radius 3 is 2.64 bits per heavy atom. The Hall–Kier alpha value is -3.94. The molecule has 0 unspecified atom stereocenters. The molecule has 1 atom stereocenters. The second-order valence-corrected chi connectivity index (χ2v) is 10.3. The molecule has 0 radical (unpaired) electrons. The first-order valence-corrected chi connectivity index (χ1v) is 12.0. The van der Waals surface area contributed by atoms with Gasteiger partial charge in [-0.15, -0.1) is 0 Å². The predicted octanol–water partition coefficient (Wildman–Crippen LogP) is 2.90. The minimum atomic E-state index is -3.94. The average Bonchev–Trinajstić information content (AvgIpc) is 3.23. The van der Waals surface area contributed by atoms with E-state index in [9.17, 15) is 21.6 Å². The lowest BCUT2D eigenvalue weighted by atomic mass is 9.92. The number of aromatic nitrogens is 3. The van der Waals surface area contributed by atoms with Crippen LogP contribution in [-0.4, -0.2) is 46.6 Å². The Bertz CT molecular complexity index is 1470. The maximum atomic E-state index is 14.9. The summed E-state index contributed by atoms with van der Waals surface area (Å²) in [5, 5.41) is 3.73. The summed E-state index contributed by atoms with van der Waals surface area (Å²) in [6, 6.07) is 3.56. The lowest BCUT2D eigenvalue weighted by molar-refractivity contribution is 0.240. The summed E-state index contributed by atoms with van der Waals surface area (Å²) < 4.78 is 80.1. The van der Waals surface area contributed by atoms with Crippen LogP contribution in [-0.2, 0) is 22.2 Å². The van der Waals surface area contributed by atoms with Gasteiger partial charge >= 0.3 is 0 Å². The van der Waals surface area contributed by atoms with E-state index in [0.29, 0.717) is 11.5 Å². The van der Waals surface area contributed by atoms with Crippen LogP contribution in [0.2, 0.25) is 0 Å². The number of nitrogens with two attached hydrogens (primary N) is 1. The van der Waals surface area contributed by atoms with Crippen molar-refractivity contribution in [2.24, 2.45) is 10.7 Å². The molecular formula is C22H21F3N6O4S. The van der Waals surface area contributed by atoms with Crippen LogP contribution in [0.15, 0.2) is 40.1 Å². The fourth-order valence-electron chi connectivity index (χ4n) is 3.54. The molecule has 0 saturated heterocycles. The molecule has 0 fully saturated rings. The van der Waals surface area contributed by atoms with Crippen LogP contribution in [0.5, 0.6) is 5.88 Å². The Balaban J connectivity index is 1.60. The predicted molar refractivity (Wildman–Crippen MR) is 123 cm³/mol. The number of ether oxygens (including phenoxy) is 1. The number of guanidine groups is 1. The second kappa shape index (κ2) is 9.26. The summed E-state index contributed by atoms with van der Waals surface area (Å²) in [5.74, 6) is -4.00. The zero-order valence-electron chi connectivity index (χ0n) is 19.4. The first kappa shape index (κ1) is 25.2. The summed E-state index contributed by atoms with van der Waals surface area (Å²) in [6.07, 6.45) is 3.20. The number of rotatable bonds is 6. The topological polar surface area (TPSA) is 137 Å². The molecule has 0 amide bonds. The molecular weight excluding hydrogens is 501 g/mol.